The van der Waals surface area contributed by atoms with Crippen molar-refractivity contribution in [2.45, 2.75) is 12.8 Å². The van der Waals surface area contributed by atoms with Gasteiger partial charge in [-0.1, -0.05) is 30.3 Å². The number of furan rings is 1. The molecule has 0 spiro atoms. The zero-order chi connectivity index (χ0) is 20.8. The summed E-state index contributed by atoms with van der Waals surface area (Å²) in [5, 5.41) is 2.67. The van der Waals surface area contributed by atoms with Crippen LogP contribution in [-0.2, 0) is 20.7 Å². The Balaban J connectivity index is 1.21. The van der Waals surface area contributed by atoms with Gasteiger partial charge in [-0.3, -0.25) is 9.59 Å². The molecule has 0 saturated carbocycles. The molecule has 0 fully saturated rings. The third kappa shape index (κ3) is 5.00. The summed E-state index contributed by atoms with van der Waals surface area (Å²) in [4.78, 5) is 24.0. The molecule has 1 N–H and O–H groups in total. The standard InChI is InChI=1S/C23H21NO6/c25-22(24-17-6-9-20-21(14-17)28-13-12-27-20)15-29-23(26)11-8-18-7-10-19(30-18)16-4-2-1-3-5-16/h1-7,9-10,14H,8,11-13,15H2,(H,24,25). The van der Waals surface area contributed by atoms with Crippen LogP contribution in [0.15, 0.2) is 65.1 Å². The molecular formula is C23H21NO6. The Hall–Kier alpha value is -3.74. The van der Waals surface area contributed by atoms with E-state index in [4.69, 9.17) is 18.6 Å². The Morgan fingerprint density at radius 3 is 2.57 bits per heavy atom. The van der Waals surface area contributed by atoms with E-state index in [2.05, 4.69) is 5.32 Å². The fourth-order valence-electron chi connectivity index (χ4n) is 3.03. The monoisotopic (exact) mass is 407 g/mol. The van der Waals surface area contributed by atoms with Crippen LogP contribution in [0.4, 0.5) is 5.69 Å². The van der Waals surface area contributed by atoms with Gasteiger partial charge in [0.2, 0.25) is 0 Å². The number of hydrogen-bond acceptors (Lipinski definition) is 6. The van der Waals surface area contributed by atoms with Crippen molar-refractivity contribution in [3.8, 4) is 22.8 Å². The number of benzene rings is 2. The summed E-state index contributed by atoms with van der Waals surface area (Å²) < 4.78 is 21.7. The minimum Gasteiger partial charge on any atom is -0.486 e. The minimum atomic E-state index is -0.468. The van der Waals surface area contributed by atoms with Crippen LogP contribution < -0.4 is 14.8 Å². The molecule has 1 aliphatic rings. The zero-order valence-electron chi connectivity index (χ0n) is 16.3. The van der Waals surface area contributed by atoms with Gasteiger partial charge in [0.25, 0.3) is 5.91 Å². The maximum absolute atomic E-state index is 12.0. The average Bonchev–Trinajstić information content (AvgIpc) is 3.26. The second kappa shape index (κ2) is 9.17. The maximum atomic E-state index is 12.0. The Labute approximate surface area is 173 Å². The highest BCUT2D eigenvalue weighted by atomic mass is 16.6. The smallest absolute Gasteiger partial charge is 0.306 e. The minimum absolute atomic E-state index is 0.124. The van der Waals surface area contributed by atoms with Crippen LogP contribution in [0.1, 0.15) is 12.2 Å². The van der Waals surface area contributed by atoms with Crippen LogP contribution in [0.2, 0.25) is 0 Å². The number of nitrogens with one attached hydrogen (secondary N) is 1. The lowest BCUT2D eigenvalue weighted by molar-refractivity contribution is -0.147. The first kappa shape index (κ1) is 19.6. The largest absolute Gasteiger partial charge is 0.486 e. The van der Waals surface area contributed by atoms with Gasteiger partial charge < -0.3 is 23.9 Å². The molecule has 0 saturated heterocycles. The Morgan fingerprint density at radius 1 is 0.933 bits per heavy atom. The molecule has 1 aromatic heterocycles. The van der Waals surface area contributed by atoms with Crippen molar-refractivity contribution in [3.05, 3.63) is 66.4 Å². The molecule has 0 aliphatic carbocycles. The van der Waals surface area contributed by atoms with Crippen LogP contribution >= 0.6 is 0 Å². The van der Waals surface area contributed by atoms with Crippen LogP contribution in [0, 0.1) is 0 Å². The van der Waals surface area contributed by atoms with E-state index in [-0.39, 0.29) is 13.0 Å². The van der Waals surface area contributed by atoms with Gasteiger partial charge in [0.1, 0.15) is 24.7 Å². The Morgan fingerprint density at radius 2 is 1.73 bits per heavy atom. The van der Waals surface area contributed by atoms with Crippen molar-refractivity contribution in [1.29, 1.82) is 0 Å². The van der Waals surface area contributed by atoms with E-state index in [1.165, 1.54) is 0 Å². The Kier molecular flexibility index (Phi) is 5.98. The third-order valence-corrected chi connectivity index (χ3v) is 4.49. The summed E-state index contributed by atoms with van der Waals surface area (Å²) in [7, 11) is 0. The number of amides is 1. The SMILES string of the molecule is O=C(COC(=O)CCc1ccc(-c2ccccc2)o1)Nc1ccc2c(c1)OCCO2. The highest BCUT2D eigenvalue weighted by Gasteiger charge is 2.14. The van der Waals surface area contributed by atoms with Crippen LogP contribution in [0.25, 0.3) is 11.3 Å². The lowest BCUT2D eigenvalue weighted by atomic mass is 10.2. The molecule has 0 unspecified atom stereocenters. The number of rotatable bonds is 7. The quantitative estimate of drug-likeness (QED) is 0.599. The van der Waals surface area contributed by atoms with Gasteiger partial charge in [-0.25, -0.2) is 0 Å². The number of carbonyl (C=O) groups is 2. The fourth-order valence-corrected chi connectivity index (χ4v) is 3.03. The van der Waals surface area contributed by atoms with E-state index >= 15 is 0 Å². The van der Waals surface area contributed by atoms with Crippen LogP contribution in [0.3, 0.4) is 0 Å². The van der Waals surface area contributed by atoms with Crippen molar-refractivity contribution in [2.75, 3.05) is 25.1 Å². The van der Waals surface area contributed by atoms with Gasteiger partial charge in [-0.05, 0) is 24.3 Å². The van der Waals surface area contributed by atoms with Gasteiger partial charge in [0, 0.05) is 23.7 Å². The molecule has 0 atom stereocenters. The molecule has 0 radical (unpaired) electrons. The van der Waals surface area contributed by atoms with E-state index in [0.29, 0.717) is 42.6 Å². The van der Waals surface area contributed by atoms with E-state index in [1.54, 1.807) is 18.2 Å². The first-order valence-corrected chi connectivity index (χ1v) is 9.66. The maximum Gasteiger partial charge on any atom is 0.306 e. The summed E-state index contributed by atoms with van der Waals surface area (Å²) in [5.41, 5.74) is 1.52. The molecule has 30 heavy (non-hydrogen) atoms. The molecule has 3 aromatic rings. The molecule has 7 heteroatoms. The first-order chi connectivity index (χ1) is 14.7. The highest BCUT2D eigenvalue weighted by Crippen LogP contribution is 2.32. The predicted octanol–water partition coefficient (Wildman–Crippen LogP) is 3.83. The summed E-state index contributed by atoms with van der Waals surface area (Å²) in [5.74, 6) is 1.75. The normalized spacial score (nSPS) is 12.3. The summed E-state index contributed by atoms with van der Waals surface area (Å²) >= 11 is 0. The summed E-state index contributed by atoms with van der Waals surface area (Å²) in [6.45, 7) is 0.603. The lowest BCUT2D eigenvalue weighted by Gasteiger charge is -2.19. The molecule has 1 aliphatic heterocycles. The molecular weight excluding hydrogens is 386 g/mol. The molecule has 7 nitrogen and oxygen atoms in total. The summed E-state index contributed by atoms with van der Waals surface area (Å²) in [6, 6.07) is 18.5. The second-order valence-corrected chi connectivity index (χ2v) is 6.70. The molecule has 2 heterocycles. The van der Waals surface area contributed by atoms with E-state index in [9.17, 15) is 9.59 Å². The molecule has 2 aromatic carbocycles. The van der Waals surface area contributed by atoms with Gasteiger partial charge in [-0.2, -0.15) is 0 Å². The Bertz CT molecular complexity index is 1030. The van der Waals surface area contributed by atoms with Crippen molar-refractivity contribution in [2.24, 2.45) is 0 Å². The number of carbonyl (C=O) groups excluding carboxylic acids is 2. The number of hydrogen-bond donors (Lipinski definition) is 1. The van der Waals surface area contributed by atoms with E-state index < -0.39 is 11.9 Å². The lowest BCUT2D eigenvalue weighted by Crippen LogP contribution is -2.21. The van der Waals surface area contributed by atoms with Crippen molar-refractivity contribution < 1.29 is 28.2 Å². The number of esters is 1. The van der Waals surface area contributed by atoms with Gasteiger partial charge in [-0.15, -0.1) is 0 Å². The average molecular weight is 407 g/mol. The third-order valence-electron chi connectivity index (χ3n) is 4.49. The van der Waals surface area contributed by atoms with Crippen molar-refractivity contribution in [1.82, 2.24) is 0 Å². The van der Waals surface area contributed by atoms with E-state index in [0.717, 1.165) is 11.3 Å². The number of anilines is 1. The predicted molar refractivity (Wildman–Crippen MR) is 109 cm³/mol. The number of fused-ring (bicyclic) bond motifs is 1. The molecule has 154 valence electrons. The van der Waals surface area contributed by atoms with Crippen molar-refractivity contribution in [3.63, 3.8) is 0 Å². The number of aryl methyl sites for hydroxylation is 1. The molecule has 4 rings (SSSR count). The first-order valence-electron chi connectivity index (χ1n) is 9.66. The van der Waals surface area contributed by atoms with Crippen LogP contribution in [-0.4, -0.2) is 31.7 Å². The fraction of sp³-hybridized carbons (Fsp3) is 0.217. The topological polar surface area (TPSA) is 87.0 Å². The van der Waals surface area contributed by atoms with Gasteiger partial charge in [0.15, 0.2) is 18.1 Å². The van der Waals surface area contributed by atoms with Gasteiger partial charge >= 0.3 is 5.97 Å². The number of ether oxygens (including phenoxy) is 3. The van der Waals surface area contributed by atoms with E-state index in [1.807, 2.05) is 42.5 Å². The molecule has 1 amide bonds. The second-order valence-electron chi connectivity index (χ2n) is 6.70. The summed E-state index contributed by atoms with van der Waals surface area (Å²) in [6.07, 6.45) is 0.522. The van der Waals surface area contributed by atoms with Crippen molar-refractivity contribution >= 4 is 17.6 Å². The molecule has 0 bridgehead atoms. The highest BCUT2D eigenvalue weighted by molar-refractivity contribution is 5.93. The van der Waals surface area contributed by atoms with Gasteiger partial charge in [0.05, 0.1) is 6.42 Å². The zero-order valence-corrected chi connectivity index (χ0v) is 16.3. The van der Waals surface area contributed by atoms with Crippen LogP contribution in [0.5, 0.6) is 11.5 Å².